The maximum absolute atomic E-state index is 12.8. The van der Waals surface area contributed by atoms with Crippen LogP contribution in [-0.2, 0) is 16.1 Å². The van der Waals surface area contributed by atoms with E-state index in [1.807, 2.05) is 6.07 Å². The van der Waals surface area contributed by atoms with Crippen LogP contribution in [0, 0.1) is 10.1 Å². The number of benzene rings is 2. The highest BCUT2D eigenvalue weighted by Crippen LogP contribution is 2.41. The summed E-state index contributed by atoms with van der Waals surface area (Å²) in [4.78, 5) is 35.5. The summed E-state index contributed by atoms with van der Waals surface area (Å²) >= 11 is 0. The summed E-state index contributed by atoms with van der Waals surface area (Å²) in [6.07, 6.45) is 0. The molecule has 0 radical (unpaired) electrons. The van der Waals surface area contributed by atoms with Crippen molar-refractivity contribution in [1.82, 2.24) is 10.6 Å². The van der Waals surface area contributed by atoms with Crippen LogP contribution < -0.4 is 15.4 Å². The van der Waals surface area contributed by atoms with E-state index in [1.54, 1.807) is 24.3 Å². The van der Waals surface area contributed by atoms with E-state index >= 15 is 0 Å². The molecular formula is C20H19N3O7. The maximum atomic E-state index is 12.8. The normalized spacial score (nSPS) is 15.8. The zero-order valence-electron chi connectivity index (χ0n) is 16.2. The molecule has 1 atom stereocenters. The number of hydrogen-bond donors (Lipinski definition) is 3. The van der Waals surface area contributed by atoms with Crippen molar-refractivity contribution < 1.29 is 29.1 Å². The Balaban J connectivity index is 2.00. The third-order valence-electron chi connectivity index (χ3n) is 4.53. The third kappa shape index (κ3) is 4.17. The van der Waals surface area contributed by atoms with Crippen molar-refractivity contribution in [3.8, 4) is 11.5 Å². The number of hydrogen-bond acceptors (Lipinski definition) is 7. The molecule has 1 heterocycles. The van der Waals surface area contributed by atoms with Crippen LogP contribution in [-0.4, -0.2) is 29.1 Å². The minimum Gasteiger partial charge on any atom is -0.504 e. The van der Waals surface area contributed by atoms with Gasteiger partial charge in [-0.3, -0.25) is 10.1 Å². The van der Waals surface area contributed by atoms with E-state index in [1.165, 1.54) is 14.0 Å². The molecule has 2 aromatic carbocycles. The van der Waals surface area contributed by atoms with Gasteiger partial charge in [0.25, 0.3) is 5.69 Å². The molecular weight excluding hydrogens is 394 g/mol. The number of esters is 1. The minimum absolute atomic E-state index is 0.00313. The van der Waals surface area contributed by atoms with Gasteiger partial charge in [-0.05, 0) is 12.5 Å². The highest BCUT2D eigenvalue weighted by molar-refractivity contribution is 5.95. The lowest BCUT2D eigenvalue weighted by Crippen LogP contribution is -2.45. The number of aromatic hydroxyl groups is 1. The van der Waals surface area contributed by atoms with E-state index in [0.29, 0.717) is 0 Å². The molecule has 1 aliphatic rings. The van der Waals surface area contributed by atoms with Crippen molar-refractivity contribution in [3.05, 3.63) is 75.0 Å². The first-order valence-electron chi connectivity index (χ1n) is 8.86. The van der Waals surface area contributed by atoms with Crippen molar-refractivity contribution >= 4 is 17.7 Å². The summed E-state index contributed by atoms with van der Waals surface area (Å²) in [6, 6.07) is 9.29. The molecule has 10 heteroatoms. The lowest BCUT2D eigenvalue weighted by Gasteiger charge is -2.28. The Labute approximate surface area is 171 Å². The Bertz CT molecular complexity index is 1030. The van der Waals surface area contributed by atoms with E-state index in [2.05, 4.69) is 10.6 Å². The van der Waals surface area contributed by atoms with Gasteiger partial charge in [-0.1, -0.05) is 30.3 Å². The minimum atomic E-state index is -1.18. The van der Waals surface area contributed by atoms with Crippen LogP contribution in [0.5, 0.6) is 11.5 Å². The number of phenolic OH excluding ortho intramolecular Hbond substituents is 1. The number of amides is 2. The fraction of sp³-hybridized carbons (Fsp3) is 0.200. The van der Waals surface area contributed by atoms with Gasteiger partial charge < -0.3 is 25.2 Å². The summed E-state index contributed by atoms with van der Waals surface area (Å²) in [6.45, 7) is 1.48. The van der Waals surface area contributed by atoms with E-state index in [0.717, 1.165) is 17.7 Å². The van der Waals surface area contributed by atoms with Crippen molar-refractivity contribution in [3.63, 3.8) is 0 Å². The fourth-order valence-corrected chi connectivity index (χ4v) is 3.09. The predicted molar refractivity (Wildman–Crippen MR) is 105 cm³/mol. The molecule has 0 saturated carbocycles. The Hall–Kier alpha value is -4.08. The average Bonchev–Trinajstić information content (AvgIpc) is 2.72. The lowest BCUT2D eigenvalue weighted by atomic mass is 9.94. The van der Waals surface area contributed by atoms with Crippen molar-refractivity contribution in [1.29, 1.82) is 0 Å². The average molecular weight is 413 g/mol. The second-order valence-corrected chi connectivity index (χ2v) is 6.47. The number of phenols is 1. The number of rotatable bonds is 6. The van der Waals surface area contributed by atoms with Crippen molar-refractivity contribution in [2.24, 2.45) is 0 Å². The van der Waals surface area contributed by atoms with Gasteiger partial charge in [0.15, 0.2) is 11.5 Å². The molecule has 10 nitrogen and oxygen atoms in total. The lowest BCUT2D eigenvalue weighted by molar-refractivity contribution is -0.385. The molecule has 2 aromatic rings. The number of urea groups is 1. The quantitative estimate of drug-likeness (QED) is 0.376. The molecule has 0 fully saturated rings. The van der Waals surface area contributed by atoms with Gasteiger partial charge in [-0.15, -0.1) is 0 Å². The zero-order chi connectivity index (χ0) is 21.8. The molecule has 3 N–H and O–H groups in total. The number of non-ortho nitro benzene ring substituents is 1. The molecule has 2 amide bonds. The number of nitrogens with zero attached hydrogens (tertiary/aromatic N) is 1. The number of methoxy groups -OCH3 is 1. The first-order chi connectivity index (χ1) is 14.3. The zero-order valence-corrected chi connectivity index (χ0v) is 16.2. The molecule has 0 aliphatic carbocycles. The highest BCUT2D eigenvalue weighted by Gasteiger charge is 2.35. The molecule has 0 aromatic heterocycles. The number of nitrogens with one attached hydrogen (secondary N) is 2. The Morgan fingerprint density at radius 1 is 1.27 bits per heavy atom. The van der Waals surface area contributed by atoms with Crippen molar-refractivity contribution in [2.45, 2.75) is 19.6 Å². The van der Waals surface area contributed by atoms with Crippen LogP contribution in [0.3, 0.4) is 0 Å². The van der Waals surface area contributed by atoms with Crippen LogP contribution in [0.15, 0.2) is 53.7 Å². The first kappa shape index (κ1) is 20.6. The molecule has 30 heavy (non-hydrogen) atoms. The summed E-state index contributed by atoms with van der Waals surface area (Å²) in [7, 11) is 1.24. The smallest absolute Gasteiger partial charge is 0.338 e. The van der Waals surface area contributed by atoms with Gasteiger partial charge >= 0.3 is 12.0 Å². The second kappa shape index (κ2) is 8.52. The number of carbonyl (C=O) groups excluding carboxylic acids is 2. The fourth-order valence-electron chi connectivity index (χ4n) is 3.09. The summed E-state index contributed by atoms with van der Waals surface area (Å²) in [5, 5.41) is 26.8. The van der Waals surface area contributed by atoms with E-state index in [4.69, 9.17) is 9.47 Å². The summed E-state index contributed by atoms with van der Waals surface area (Å²) in [5.74, 6) is -1.35. The van der Waals surface area contributed by atoms with Gasteiger partial charge in [0.2, 0.25) is 0 Å². The molecule has 1 unspecified atom stereocenters. The highest BCUT2D eigenvalue weighted by atomic mass is 16.6. The van der Waals surface area contributed by atoms with E-state index in [-0.39, 0.29) is 34.9 Å². The molecule has 0 bridgehead atoms. The topological polar surface area (TPSA) is 140 Å². The number of ether oxygens (including phenoxy) is 2. The monoisotopic (exact) mass is 413 g/mol. The van der Waals surface area contributed by atoms with Gasteiger partial charge in [0.05, 0.1) is 29.7 Å². The number of nitro groups is 1. The van der Waals surface area contributed by atoms with Crippen LogP contribution in [0.25, 0.3) is 0 Å². The van der Waals surface area contributed by atoms with Gasteiger partial charge in [0, 0.05) is 17.3 Å². The number of carbonyl (C=O) groups is 2. The van der Waals surface area contributed by atoms with Gasteiger partial charge in [0.1, 0.15) is 6.61 Å². The summed E-state index contributed by atoms with van der Waals surface area (Å²) in [5.41, 5.74) is 0.521. The SMILES string of the molecule is COc1cc([N+](=O)[O-])cc(C2NC(=O)NC(C)=C2C(=O)OCc2ccccc2)c1O. The van der Waals surface area contributed by atoms with Crippen LogP contribution in [0.2, 0.25) is 0 Å². The maximum Gasteiger partial charge on any atom is 0.338 e. The molecule has 156 valence electrons. The molecule has 3 rings (SSSR count). The number of allylic oxidation sites excluding steroid dienone is 1. The second-order valence-electron chi connectivity index (χ2n) is 6.47. The summed E-state index contributed by atoms with van der Waals surface area (Å²) < 4.78 is 10.4. The third-order valence-corrected chi connectivity index (χ3v) is 4.53. The first-order valence-corrected chi connectivity index (χ1v) is 8.86. The van der Waals surface area contributed by atoms with E-state index in [9.17, 15) is 24.8 Å². The van der Waals surface area contributed by atoms with Gasteiger partial charge in [-0.2, -0.15) is 0 Å². The van der Waals surface area contributed by atoms with Gasteiger partial charge in [-0.25, -0.2) is 9.59 Å². The standard InChI is InChI=1S/C20H19N3O7/c1-11-16(19(25)30-10-12-6-4-3-5-7-12)17(22-20(26)21-11)14-8-13(23(27)28)9-15(29-2)18(14)24/h3-9,17,24H,10H2,1-2H3,(H2,21,22,26). The molecule has 1 aliphatic heterocycles. The molecule has 0 spiro atoms. The van der Waals surface area contributed by atoms with E-state index < -0.39 is 28.7 Å². The predicted octanol–water partition coefficient (Wildman–Crippen LogP) is 2.68. The Morgan fingerprint density at radius 3 is 2.60 bits per heavy atom. The molecule has 0 saturated heterocycles. The van der Waals surface area contributed by atoms with Crippen LogP contribution in [0.1, 0.15) is 24.1 Å². The largest absolute Gasteiger partial charge is 0.504 e. The van der Waals surface area contributed by atoms with Crippen molar-refractivity contribution in [2.75, 3.05) is 7.11 Å². The number of nitro benzene ring substituents is 1. The Kier molecular flexibility index (Phi) is 5.86. The Morgan fingerprint density at radius 2 is 1.97 bits per heavy atom. The van der Waals surface area contributed by atoms with Crippen LogP contribution >= 0.6 is 0 Å². The van der Waals surface area contributed by atoms with Crippen LogP contribution in [0.4, 0.5) is 10.5 Å².